The Morgan fingerprint density at radius 1 is 1.16 bits per heavy atom. The van der Waals surface area contributed by atoms with Crippen molar-refractivity contribution < 1.29 is 42.1 Å². The zero-order valence-corrected chi connectivity index (χ0v) is 30.2. The topological polar surface area (TPSA) is 152 Å². The Labute approximate surface area is 293 Å². The van der Waals surface area contributed by atoms with Crippen molar-refractivity contribution in [2.45, 2.75) is 81.8 Å². The second-order valence-electron chi connectivity index (χ2n) is 14.5. The minimum absolute atomic E-state index is 0.123. The number of aryl methyl sites for hydroxylation is 1. The third-order valence-electron chi connectivity index (χ3n) is 9.78. The first-order chi connectivity index (χ1) is 23.0. The molecule has 1 aliphatic heterocycles. The molecule has 2 amide bonds. The number of benzene rings is 2. The van der Waals surface area contributed by atoms with Gasteiger partial charge in [0.2, 0.25) is 0 Å². The first-order valence-corrected chi connectivity index (χ1v) is 18.5. The summed E-state index contributed by atoms with van der Waals surface area (Å²) >= 11 is 6.38. The molecule has 0 radical (unpaired) electrons. The molecule has 0 aromatic heterocycles. The molecule has 2 aromatic carbocycles. The number of anilines is 1. The molecule has 49 heavy (non-hydrogen) atoms. The van der Waals surface area contributed by atoms with E-state index in [9.17, 15) is 22.8 Å². The zero-order valence-electron chi connectivity index (χ0n) is 28.7. The Kier molecular flexibility index (Phi) is 10.8. The van der Waals surface area contributed by atoms with Crippen molar-refractivity contribution in [1.29, 1.82) is 0 Å². The number of hydrogen-bond acceptors (Lipinski definition) is 9. The number of nitrogens with zero attached hydrogens (tertiary/aromatic N) is 2. The summed E-state index contributed by atoms with van der Waals surface area (Å²) in [5, 5.41) is 9.71. The van der Waals surface area contributed by atoms with Gasteiger partial charge in [-0.1, -0.05) is 17.7 Å². The van der Waals surface area contributed by atoms with Gasteiger partial charge < -0.3 is 24.2 Å². The van der Waals surface area contributed by atoms with Crippen molar-refractivity contribution in [3.05, 3.63) is 52.5 Å². The van der Waals surface area contributed by atoms with Gasteiger partial charge in [0.05, 0.1) is 23.8 Å². The second-order valence-corrected chi connectivity index (χ2v) is 16.6. The number of rotatable bonds is 10. The van der Waals surface area contributed by atoms with Crippen LogP contribution in [-0.4, -0.2) is 88.0 Å². The van der Waals surface area contributed by atoms with Gasteiger partial charge in [-0.3, -0.25) is 9.69 Å². The summed E-state index contributed by atoms with van der Waals surface area (Å²) in [6.45, 7) is 8.01. The van der Waals surface area contributed by atoms with Gasteiger partial charge in [-0.25, -0.2) is 22.7 Å². The highest BCUT2D eigenvalue weighted by atomic mass is 35.5. The van der Waals surface area contributed by atoms with Crippen molar-refractivity contribution in [2.75, 3.05) is 44.9 Å². The molecule has 1 heterocycles. The molecule has 1 fully saturated rings. The van der Waals surface area contributed by atoms with Gasteiger partial charge in [0.25, 0.3) is 15.9 Å². The van der Waals surface area contributed by atoms with Crippen LogP contribution in [0.1, 0.15) is 64.5 Å². The summed E-state index contributed by atoms with van der Waals surface area (Å²) < 4.78 is 46.7. The standard InChI is InChI=1S/C35H46ClN3O9S/c1-22(38(5)33(43)48-34(2,3)4)32(42)37-49(44,45)27-11-13-30-29(16-27)39(17-24-8-9-25(24)18-46-19-31(40)41)20-35(21-47-30)14-6-7-23-15-26(36)10-12-28(23)35/h10-13,15-16,22,24-25H,6-9,14,17-21H2,1-5H3,(H,37,42)(H,40,41)/t22-,24-,25-,35-/m0/s1. The molecule has 0 unspecified atom stereocenters. The molecular formula is C35H46ClN3O9S. The normalized spacial score (nSPS) is 22.4. The Balaban J connectivity index is 1.43. The highest BCUT2D eigenvalue weighted by molar-refractivity contribution is 7.90. The van der Waals surface area contributed by atoms with Crippen molar-refractivity contribution in [2.24, 2.45) is 11.8 Å². The maximum Gasteiger partial charge on any atom is 0.410 e. The molecule has 5 rings (SSSR count). The van der Waals surface area contributed by atoms with E-state index in [0.717, 1.165) is 37.0 Å². The van der Waals surface area contributed by atoms with Crippen LogP contribution in [0.3, 0.4) is 0 Å². The Morgan fingerprint density at radius 2 is 1.90 bits per heavy atom. The SMILES string of the molecule is C[C@@H](C(=O)NS(=O)(=O)c1ccc2c(c1)N(C[C@@H]1CC[C@H]1COCC(=O)O)C[C@@]1(CCCc3cc(Cl)ccc31)CO2)N(C)C(=O)OC(C)(C)C. The van der Waals surface area contributed by atoms with Crippen molar-refractivity contribution in [1.82, 2.24) is 9.62 Å². The number of carbonyl (C=O) groups is 3. The molecule has 12 nitrogen and oxygen atoms in total. The molecule has 3 aliphatic rings. The minimum Gasteiger partial charge on any atom is -0.490 e. The molecule has 2 N–H and O–H groups in total. The van der Waals surface area contributed by atoms with Gasteiger partial charge in [0.1, 0.15) is 24.0 Å². The Hall–Kier alpha value is -3.55. The fourth-order valence-electron chi connectivity index (χ4n) is 6.88. The molecule has 2 aromatic rings. The number of carbonyl (C=O) groups excluding carboxylic acids is 2. The number of amides is 2. The Morgan fingerprint density at radius 3 is 2.57 bits per heavy atom. The molecule has 0 saturated heterocycles. The number of fused-ring (bicyclic) bond motifs is 3. The number of aliphatic carboxylic acids is 1. The number of nitrogens with one attached hydrogen (secondary N) is 1. The molecule has 4 atom stereocenters. The summed E-state index contributed by atoms with van der Waals surface area (Å²) in [5.74, 6) is -1.02. The van der Waals surface area contributed by atoms with E-state index in [1.54, 1.807) is 26.8 Å². The van der Waals surface area contributed by atoms with Crippen LogP contribution in [0, 0.1) is 11.8 Å². The molecule has 0 bridgehead atoms. The molecule has 1 saturated carbocycles. The lowest BCUT2D eigenvalue weighted by molar-refractivity contribution is -0.143. The van der Waals surface area contributed by atoms with Crippen LogP contribution in [0.5, 0.6) is 5.75 Å². The first kappa shape index (κ1) is 36.7. The van der Waals surface area contributed by atoms with E-state index in [1.165, 1.54) is 37.2 Å². The summed E-state index contributed by atoms with van der Waals surface area (Å²) in [4.78, 5) is 39.8. The van der Waals surface area contributed by atoms with Gasteiger partial charge in [-0.05, 0) is 113 Å². The monoisotopic (exact) mass is 719 g/mol. The molecule has 268 valence electrons. The predicted molar refractivity (Wildman–Crippen MR) is 184 cm³/mol. The van der Waals surface area contributed by atoms with E-state index >= 15 is 0 Å². The van der Waals surface area contributed by atoms with Gasteiger partial charge in [0.15, 0.2) is 0 Å². The van der Waals surface area contributed by atoms with Crippen LogP contribution >= 0.6 is 11.6 Å². The number of carboxylic acids is 1. The van der Waals surface area contributed by atoms with Crippen LogP contribution in [0.2, 0.25) is 5.02 Å². The van der Waals surface area contributed by atoms with Crippen LogP contribution in [0.15, 0.2) is 41.3 Å². The highest BCUT2D eigenvalue weighted by Gasteiger charge is 2.44. The lowest BCUT2D eigenvalue weighted by Crippen LogP contribution is -2.49. The molecular weight excluding hydrogens is 674 g/mol. The van der Waals surface area contributed by atoms with Crippen molar-refractivity contribution in [3.63, 3.8) is 0 Å². The molecule has 1 spiro atoms. The molecule has 2 aliphatic carbocycles. The predicted octanol–water partition coefficient (Wildman–Crippen LogP) is 5.00. The maximum absolute atomic E-state index is 13.6. The van der Waals surface area contributed by atoms with Crippen molar-refractivity contribution in [3.8, 4) is 5.75 Å². The first-order valence-electron chi connectivity index (χ1n) is 16.6. The van der Waals surface area contributed by atoms with Gasteiger partial charge in [-0.2, -0.15) is 0 Å². The number of ether oxygens (including phenoxy) is 3. The third-order valence-corrected chi connectivity index (χ3v) is 11.4. The highest BCUT2D eigenvalue weighted by Crippen LogP contribution is 2.46. The summed E-state index contributed by atoms with van der Waals surface area (Å²) in [6.07, 6.45) is 3.78. The average molecular weight is 720 g/mol. The van der Waals surface area contributed by atoms with Gasteiger partial charge in [0, 0.05) is 30.6 Å². The van der Waals surface area contributed by atoms with E-state index in [2.05, 4.69) is 15.7 Å². The van der Waals surface area contributed by atoms with Crippen LogP contribution in [0.4, 0.5) is 10.5 Å². The fraction of sp³-hybridized carbons (Fsp3) is 0.571. The van der Waals surface area contributed by atoms with E-state index in [-0.39, 0.29) is 28.8 Å². The van der Waals surface area contributed by atoms with E-state index in [4.69, 9.17) is 30.9 Å². The minimum atomic E-state index is -4.36. The Bertz CT molecular complexity index is 1700. The lowest BCUT2D eigenvalue weighted by Gasteiger charge is -2.44. The number of likely N-dealkylation sites (N-methyl/N-ethyl adjacent to an activating group) is 1. The third kappa shape index (κ3) is 8.43. The largest absolute Gasteiger partial charge is 0.490 e. The van der Waals surface area contributed by atoms with Crippen molar-refractivity contribution >= 4 is 45.3 Å². The summed E-state index contributed by atoms with van der Waals surface area (Å²) in [7, 11) is -2.99. The zero-order chi connectivity index (χ0) is 35.7. The number of carboxylic acid groups (broad SMARTS) is 1. The maximum atomic E-state index is 13.6. The average Bonchev–Trinajstić information content (AvgIpc) is 3.16. The van der Waals surface area contributed by atoms with Gasteiger partial charge >= 0.3 is 12.1 Å². The van der Waals surface area contributed by atoms with E-state index < -0.39 is 39.6 Å². The molecule has 14 heteroatoms. The van der Waals surface area contributed by atoms with Crippen LogP contribution in [0.25, 0.3) is 0 Å². The lowest BCUT2D eigenvalue weighted by atomic mass is 9.69. The van der Waals surface area contributed by atoms with Crippen LogP contribution < -0.4 is 14.4 Å². The van der Waals surface area contributed by atoms with E-state index in [0.29, 0.717) is 42.8 Å². The van der Waals surface area contributed by atoms with E-state index in [1.807, 2.05) is 12.1 Å². The number of halogens is 1. The second kappa shape index (κ2) is 14.4. The smallest absolute Gasteiger partial charge is 0.410 e. The van der Waals surface area contributed by atoms with Gasteiger partial charge in [-0.15, -0.1) is 0 Å². The quantitative estimate of drug-likeness (QED) is 0.343. The fourth-order valence-corrected chi connectivity index (χ4v) is 8.15. The summed E-state index contributed by atoms with van der Waals surface area (Å²) in [6, 6.07) is 9.41. The number of hydrogen-bond donors (Lipinski definition) is 2. The number of sulfonamides is 1. The summed E-state index contributed by atoms with van der Waals surface area (Å²) in [5.41, 5.74) is 1.75. The van der Waals surface area contributed by atoms with Crippen LogP contribution in [-0.2, 0) is 40.9 Å².